The summed E-state index contributed by atoms with van der Waals surface area (Å²) in [6.45, 7) is 3.35. The fourth-order valence-corrected chi connectivity index (χ4v) is 2.45. The molecule has 1 aliphatic carbocycles. The Hall–Kier alpha value is -0.530. The summed E-state index contributed by atoms with van der Waals surface area (Å²) in [6.07, 6.45) is 5.84. The van der Waals surface area contributed by atoms with Gasteiger partial charge >= 0.3 is 0 Å². The van der Waals surface area contributed by atoms with Crippen molar-refractivity contribution in [1.82, 2.24) is 15.5 Å². The number of hydrogen-bond acceptors (Lipinski definition) is 2. The first kappa shape index (κ1) is 16.5. The molecule has 6 heteroatoms. The first-order valence-electron chi connectivity index (χ1n) is 6.94. The molecular weight excluding hydrogens is 355 g/mol. The van der Waals surface area contributed by atoms with Crippen LogP contribution in [0.2, 0.25) is 0 Å². The van der Waals surface area contributed by atoms with Gasteiger partial charge in [0.2, 0.25) is 5.91 Å². The molecule has 1 amide bonds. The van der Waals surface area contributed by atoms with Gasteiger partial charge in [-0.05, 0) is 32.1 Å². The van der Waals surface area contributed by atoms with Crippen molar-refractivity contribution in [2.75, 3.05) is 20.1 Å². The normalized spacial score (nSPS) is 21.4. The lowest BCUT2D eigenvalue weighted by molar-refractivity contribution is -0.129. The molecule has 5 nitrogen and oxygen atoms in total. The van der Waals surface area contributed by atoms with Gasteiger partial charge in [-0.2, -0.15) is 0 Å². The van der Waals surface area contributed by atoms with Crippen molar-refractivity contribution in [3.05, 3.63) is 0 Å². The quantitative estimate of drug-likeness (QED) is 0.432. The van der Waals surface area contributed by atoms with E-state index < -0.39 is 0 Å². The highest BCUT2D eigenvalue weighted by Gasteiger charge is 2.23. The Morgan fingerprint density at radius 1 is 1.11 bits per heavy atom. The SMILES string of the molecule is CN=C(NC1CCC1)NC1CCN(C(C)=O)CC1.I. The van der Waals surface area contributed by atoms with E-state index in [2.05, 4.69) is 15.6 Å². The molecule has 2 fully saturated rings. The lowest BCUT2D eigenvalue weighted by Gasteiger charge is -2.34. The minimum atomic E-state index is 0. The van der Waals surface area contributed by atoms with Crippen molar-refractivity contribution < 1.29 is 4.79 Å². The zero-order valence-electron chi connectivity index (χ0n) is 11.8. The van der Waals surface area contributed by atoms with Gasteiger partial charge in [0.1, 0.15) is 0 Å². The number of guanidine groups is 1. The zero-order chi connectivity index (χ0) is 13.0. The monoisotopic (exact) mass is 380 g/mol. The van der Waals surface area contributed by atoms with Crippen LogP contribution in [0, 0.1) is 0 Å². The predicted molar refractivity (Wildman–Crippen MR) is 88.0 cm³/mol. The van der Waals surface area contributed by atoms with Crippen molar-refractivity contribution in [3.8, 4) is 0 Å². The predicted octanol–water partition coefficient (Wildman–Crippen LogP) is 1.33. The summed E-state index contributed by atoms with van der Waals surface area (Å²) in [5, 5.41) is 6.91. The Bertz CT molecular complexity index is 323. The van der Waals surface area contributed by atoms with Gasteiger partial charge in [-0.3, -0.25) is 9.79 Å². The van der Waals surface area contributed by atoms with Crippen molar-refractivity contribution in [3.63, 3.8) is 0 Å². The van der Waals surface area contributed by atoms with E-state index in [4.69, 9.17) is 0 Å². The molecule has 0 unspecified atom stereocenters. The fourth-order valence-electron chi connectivity index (χ4n) is 2.45. The molecule has 19 heavy (non-hydrogen) atoms. The molecule has 0 atom stereocenters. The minimum absolute atomic E-state index is 0. The molecule has 0 bridgehead atoms. The Balaban J connectivity index is 0.00000180. The standard InChI is InChI=1S/C13H24N4O.HI/c1-10(18)17-8-6-12(7-9-17)16-13(14-2)15-11-4-3-5-11;/h11-12H,3-9H2,1-2H3,(H2,14,15,16);1H. The number of aliphatic imine (C=N–C) groups is 1. The highest BCUT2D eigenvalue weighted by Crippen LogP contribution is 2.18. The van der Waals surface area contributed by atoms with Crippen LogP contribution < -0.4 is 10.6 Å². The Morgan fingerprint density at radius 2 is 1.63 bits per heavy atom. The molecule has 110 valence electrons. The molecule has 0 aromatic carbocycles. The van der Waals surface area contributed by atoms with Crippen LogP contribution in [0.4, 0.5) is 0 Å². The van der Waals surface area contributed by atoms with Crippen molar-refractivity contribution >= 4 is 35.8 Å². The number of carbonyl (C=O) groups excluding carboxylic acids is 1. The van der Waals surface area contributed by atoms with Gasteiger partial charge in [-0.1, -0.05) is 0 Å². The van der Waals surface area contributed by atoms with E-state index in [1.54, 1.807) is 6.92 Å². The number of nitrogens with one attached hydrogen (secondary N) is 2. The molecule has 1 heterocycles. The smallest absolute Gasteiger partial charge is 0.219 e. The van der Waals surface area contributed by atoms with Gasteiger partial charge in [0.15, 0.2) is 5.96 Å². The summed E-state index contributed by atoms with van der Waals surface area (Å²) in [5.41, 5.74) is 0. The minimum Gasteiger partial charge on any atom is -0.354 e. The third-order valence-corrected chi connectivity index (χ3v) is 3.95. The number of likely N-dealkylation sites (tertiary alicyclic amines) is 1. The number of hydrogen-bond donors (Lipinski definition) is 2. The largest absolute Gasteiger partial charge is 0.354 e. The van der Waals surface area contributed by atoms with E-state index in [0.717, 1.165) is 31.9 Å². The lowest BCUT2D eigenvalue weighted by Crippen LogP contribution is -2.52. The number of amides is 1. The molecule has 1 saturated carbocycles. The number of rotatable bonds is 2. The number of carbonyl (C=O) groups is 1. The van der Waals surface area contributed by atoms with Crippen LogP contribution in [0.15, 0.2) is 4.99 Å². The molecule has 2 rings (SSSR count). The van der Waals surface area contributed by atoms with Gasteiger partial charge in [0.25, 0.3) is 0 Å². The lowest BCUT2D eigenvalue weighted by atomic mass is 9.93. The van der Waals surface area contributed by atoms with Crippen LogP contribution in [0.5, 0.6) is 0 Å². The summed E-state index contributed by atoms with van der Waals surface area (Å²) in [7, 11) is 1.82. The number of halogens is 1. The van der Waals surface area contributed by atoms with Crippen molar-refractivity contribution in [2.24, 2.45) is 4.99 Å². The summed E-state index contributed by atoms with van der Waals surface area (Å²) in [4.78, 5) is 17.4. The highest BCUT2D eigenvalue weighted by atomic mass is 127. The first-order chi connectivity index (χ1) is 8.69. The van der Waals surface area contributed by atoms with Gasteiger partial charge < -0.3 is 15.5 Å². The molecule has 0 radical (unpaired) electrons. The second-order valence-electron chi connectivity index (χ2n) is 5.27. The summed E-state index contributed by atoms with van der Waals surface area (Å²) in [6, 6.07) is 1.04. The van der Waals surface area contributed by atoms with Gasteiger partial charge in [-0.15, -0.1) is 24.0 Å². The fraction of sp³-hybridized carbons (Fsp3) is 0.846. The molecular formula is C13H25IN4O. The van der Waals surface area contributed by atoms with Crippen LogP contribution in [0.1, 0.15) is 39.0 Å². The third kappa shape index (κ3) is 4.81. The number of piperidine rings is 1. The maximum absolute atomic E-state index is 11.2. The topological polar surface area (TPSA) is 56.7 Å². The van der Waals surface area contributed by atoms with Crippen LogP contribution in [0.3, 0.4) is 0 Å². The van der Waals surface area contributed by atoms with E-state index >= 15 is 0 Å². The third-order valence-electron chi connectivity index (χ3n) is 3.95. The molecule has 0 spiro atoms. The van der Waals surface area contributed by atoms with E-state index in [1.165, 1.54) is 19.3 Å². The molecule has 2 N–H and O–H groups in total. The Kier molecular flexibility index (Phi) is 6.88. The van der Waals surface area contributed by atoms with Gasteiger partial charge in [0, 0.05) is 39.1 Å². The van der Waals surface area contributed by atoms with E-state index in [0.29, 0.717) is 12.1 Å². The van der Waals surface area contributed by atoms with Crippen LogP contribution in [-0.4, -0.2) is 49.0 Å². The molecule has 1 saturated heterocycles. The summed E-state index contributed by atoms with van der Waals surface area (Å²) < 4.78 is 0. The van der Waals surface area contributed by atoms with Crippen molar-refractivity contribution in [1.29, 1.82) is 0 Å². The summed E-state index contributed by atoms with van der Waals surface area (Å²) in [5.74, 6) is 1.10. The molecule has 1 aliphatic heterocycles. The second-order valence-corrected chi connectivity index (χ2v) is 5.27. The number of nitrogens with zero attached hydrogens (tertiary/aromatic N) is 2. The van der Waals surface area contributed by atoms with Crippen LogP contribution >= 0.6 is 24.0 Å². The van der Waals surface area contributed by atoms with Gasteiger partial charge in [-0.25, -0.2) is 0 Å². The molecule has 0 aromatic rings. The van der Waals surface area contributed by atoms with Gasteiger partial charge in [0.05, 0.1) is 0 Å². The first-order valence-corrected chi connectivity index (χ1v) is 6.94. The maximum atomic E-state index is 11.2. The average Bonchev–Trinajstić information content (AvgIpc) is 2.32. The Morgan fingerprint density at radius 3 is 2.00 bits per heavy atom. The molecule has 2 aliphatic rings. The Labute approximate surface area is 132 Å². The van der Waals surface area contributed by atoms with E-state index in [-0.39, 0.29) is 29.9 Å². The van der Waals surface area contributed by atoms with Crippen LogP contribution in [-0.2, 0) is 4.79 Å². The van der Waals surface area contributed by atoms with E-state index in [1.807, 2.05) is 11.9 Å². The van der Waals surface area contributed by atoms with Crippen molar-refractivity contribution in [2.45, 2.75) is 51.1 Å². The zero-order valence-corrected chi connectivity index (χ0v) is 14.1. The summed E-state index contributed by atoms with van der Waals surface area (Å²) >= 11 is 0. The molecule has 0 aromatic heterocycles. The second kappa shape index (κ2) is 7.91. The maximum Gasteiger partial charge on any atom is 0.219 e. The average molecular weight is 380 g/mol. The van der Waals surface area contributed by atoms with Crippen LogP contribution in [0.25, 0.3) is 0 Å². The highest BCUT2D eigenvalue weighted by molar-refractivity contribution is 14.0. The van der Waals surface area contributed by atoms with E-state index in [9.17, 15) is 4.79 Å².